The average Bonchev–Trinajstić information content (AvgIpc) is 1.64. The van der Waals surface area contributed by atoms with Gasteiger partial charge in [-0.05, 0) is 31.9 Å². The first-order chi connectivity index (χ1) is 7.41. The lowest BCUT2D eigenvalue weighted by Gasteiger charge is -2.23. The zero-order chi connectivity index (χ0) is 15.4. The lowest BCUT2D eigenvalue weighted by molar-refractivity contribution is 0.589. The van der Waals surface area contributed by atoms with Crippen LogP contribution in [0.5, 0.6) is 0 Å². The molecule has 0 aliphatic carbocycles. The van der Waals surface area contributed by atoms with Gasteiger partial charge in [-0.15, -0.1) is 22.2 Å². The SMILES string of the molecule is C[Si](C)(Cl)C[Si](C)(C)Cl.C[Si](C)(Cl)O[Si](C)(C)Cl. The third kappa shape index (κ3) is 26.5. The van der Waals surface area contributed by atoms with Crippen molar-refractivity contribution in [2.45, 2.75) is 58.0 Å². The van der Waals surface area contributed by atoms with Gasteiger partial charge in [-0.25, -0.2) is 0 Å². The summed E-state index contributed by atoms with van der Waals surface area (Å²) < 4.78 is 5.43. The lowest BCUT2D eigenvalue weighted by atomic mass is 11.8. The van der Waals surface area contributed by atoms with Crippen LogP contribution in [0.25, 0.3) is 0 Å². The Morgan fingerprint density at radius 3 is 0.833 bits per heavy atom. The van der Waals surface area contributed by atoms with Gasteiger partial charge in [-0.1, -0.05) is 26.2 Å². The van der Waals surface area contributed by atoms with Gasteiger partial charge < -0.3 is 4.12 Å². The van der Waals surface area contributed by atoms with Gasteiger partial charge in [0.15, 0.2) is 0 Å². The van der Waals surface area contributed by atoms with Crippen LogP contribution in [0.4, 0.5) is 0 Å². The van der Waals surface area contributed by atoms with E-state index in [0.29, 0.717) is 0 Å². The van der Waals surface area contributed by atoms with Gasteiger partial charge in [-0.3, -0.25) is 0 Å². The van der Waals surface area contributed by atoms with E-state index < -0.39 is 30.0 Å². The van der Waals surface area contributed by atoms with Crippen molar-refractivity contribution in [2.75, 3.05) is 0 Å². The molecule has 9 heteroatoms. The molecular formula is C9H26Cl4OSi4. The molecule has 0 bridgehead atoms. The molecule has 0 N–H and O–H groups in total. The maximum absolute atomic E-state index is 6.11. The van der Waals surface area contributed by atoms with E-state index in [-0.39, 0.29) is 0 Å². The van der Waals surface area contributed by atoms with Gasteiger partial charge in [0.05, 0.1) is 0 Å². The number of hydrogen-bond acceptors (Lipinski definition) is 1. The second-order valence-corrected chi connectivity index (χ2v) is 32.6. The number of rotatable bonds is 4. The van der Waals surface area contributed by atoms with Crippen molar-refractivity contribution in [3.63, 3.8) is 0 Å². The summed E-state index contributed by atoms with van der Waals surface area (Å²) >= 11 is 24.0. The minimum absolute atomic E-state index is 1.10. The summed E-state index contributed by atoms with van der Waals surface area (Å²) in [5, 5.41) is 0. The van der Waals surface area contributed by atoms with Gasteiger partial charge >= 0.3 is 0 Å². The van der Waals surface area contributed by atoms with Crippen LogP contribution in [-0.2, 0) is 4.12 Å². The minimum Gasteiger partial charge on any atom is -0.433 e. The highest BCUT2D eigenvalue weighted by Gasteiger charge is 2.30. The topological polar surface area (TPSA) is 9.23 Å². The van der Waals surface area contributed by atoms with Gasteiger partial charge in [0.1, 0.15) is 14.8 Å². The highest BCUT2D eigenvalue weighted by atomic mass is 35.6. The van der Waals surface area contributed by atoms with Gasteiger partial charge in [0, 0.05) is 0 Å². The number of halogens is 4. The Hall–Kier alpha value is 1.99. The van der Waals surface area contributed by atoms with Crippen LogP contribution >= 0.6 is 44.3 Å². The van der Waals surface area contributed by atoms with Crippen LogP contribution in [0.2, 0.25) is 58.0 Å². The molecule has 0 aromatic carbocycles. The first kappa shape index (κ1) is 22.3. The van der Waals surface area contributed by atoms with Crippen molar-refractivity contribution >= 4 is 74.3 Å². The van der Waals surface area contributed by atoms with Crippen LogP contribution in [-0.4, -0.2) is 30.0 Å². The molecule has 0 unspecified atom stereocenters. The average molecular weight is 404 g/mol. The highest BCUT2D eigenvalue weighted by Crippen LogP contribution is 2.25. The van der Waals surface area contributed by atoms with Crippen LogP contribution < -0.4 is 0 Å². The third-order valence-corrected chi connectivity index (χ3v) is 15.7. The summed E-state index contributed by atoms with van der Waals surface area (Å²) in [5.41, 5.74) is 1.10. The molecule has 0 atom stereocenters. The molecular weight excluding hydrogens is 378 g/mol. The Bertz CT molecular complexity index is 187. The van der Waals surface area contributed by atoms with Crippen molar-refractivity contribution in [1.29, 1.82) is 0 Å². The van der Waals surface area contributed by atoms with E-state index in [2.05, 4.69) is 26.2 Å². The molecule has 18 heavy (non-hydrogen) atoms. The maximum Gasteiger partial charge on any atom is 0.274 e. The fraction of sp³-hybridized carbons (Fsp3) is 1.00. The predicted octanol–water partition coefficient (Wildman–Crippen LogP) is 6.30. The van der Waals surface area contributed by atoms with Crippen LogP contribution in [0, 0.1) is 0 Å². The fourth-order valence-electron chi connectivity index (χ4n) is 1.58. The van der Waals surface area contributed by atoms with E-state index in [9.17, 15) is 0 Å². The Balaban J connectivity index is 0. The quantitative estimate of drug-likeness (QED) is 0.395. The first-order valence-corrected chi connectivity index (χ1v) is 22.1. The standard InChI is InChI=1S/C5H14Cl2Si2.C4H12Cl2OSi2/c1-8(2,6)5-9(3,4)7;1-8(2,5)7-9(3,4)6/h5H2,1-4H3;1-4H3. The normalized spacial score (nSPS) is 14.0. The van der Waals surface area contributed by atoms with Crippen molar-refractivity contribution < 1.29 is 4.12 Å². The van der Waals surface area contributed by atoms with Crippen LogP contribution in [0.1, 0.15) is 0 Å². The second-order valence-electron chi connectivity index (χ2n) is 6.44. The van der Waals surface area contributed by atoms with Gasteiger partial charge in [-0.2, -0.15) is 22.2 Å². The summed E-state index contributed by atoms with van der Waals surface area (Å²) in [6, 6.07) is 0. The summed E-state index contributed by atoms with van der Waals surface area (Å²) in [6.07, 6.45) is 0. The molecule has 0 aliphatic rings. The summed E-state index contributed by atoms with van der Waals surface area (Å²) in [4.78, 5) is 0. The van der Waals surface area contributed by atoms with E-state index in [0.717, 1.165) is 5.67 Å². The Kier molecular flexibility index (Phi) is 9.70. The fourth-order valence-corrected chi connectivity index (χ4v) is 24.6. The maximum atomic E-state index is 6.11. The van der Waals surface area contributed by atoms with Crippen molar-refractivity contribution in [1.82, 2.24) is 0 Å². The molecule has 0 aliphatic heterocycles. The molecule has 0 amide bonds. The monoisotopic (exact) mass is 402 g/mol. The van der Waals surface area contributed by atoms with E-state index in [1.807, 2.05) is 26.2 Å². The molecule has 0 radical (unpaired) electrons. The summed E-state index contributed by atoms with van der Waals surface area (Å²) in [7, 11) is -6.56. The van der Waals surface area contributed by atoms with E-state index in [1.54, 1.807) is 0 Å². The Morgan fingerprint density at radius 1 is 0.611 bits per heavy atom. The van der Waals surface area contributed by atoms with E-state index in [1.165, 1.54) is 0 Å². The Labute approximate surface area is 136 Å². The van der Waals surface area contributed by atoms with Crippen molar-refractivity contribution in [3.05, 3.63) is 0 Å². The number of hydrogen-bond donors (Lipinski definition) is 0. The van der Waals surface area contributed by atoms with Crippen LogP contribution in [0.15, 0.2) is 0 Å². The molecule has 0 fully saturated rings. The molecule has 0 aromatic rings. The zero-order valence-electron chi connectivity index (χ0n) is 12.6. The molecule has 0 aromatic heterocycles. The molecule has 112 valence electrons. The minimum atomic E-state index is -1.89. The lowest BCUT2D eigenvalue weighted by Crippen LogP contribution is -2.36. The largest absolute Gasteiger partial charge is 0.433 e. The van der Waals surface area contributed by atoms with Gasteiger partial charge in [0.2, 0.25) is 0 Å². The van der Waals surface area contributed by atoms with Gasteiger partial charge in [0.25, 0.3) is 15.3 Å². The molecule has 0 rings (SSSR count). The first-order valence-electron chi connectivity index (χ1n) is 5.87. The summed E-state index contributed by atoms with van der Waals surface area (Å²) in [6.45, 7) is 16.3. The van der Waals surface area contributed by atoms with Crippen molar-refractivity contribution in [3.8, 4) is 0 Å². The molecule has 0 heterocycles. The highest BCUT2D eigenvalue weighted by molar-refractivity contribution is 7.31. The molecule has 1 nitrogen and oxygen atoms in total. The smallest absolute Gasteiger partial charge is 0.274 e. The summed E-state index contributed by atoms with van der Waals surface area (Å²) in [5.74, 6) is 0. The van der Waals surface area contributed by atoms with Crippen LogP contribution in [0.3, 0.4) is 0 Å². The second kappa shape index (κ2) is 7.84. The van der Waals surface area contributed by atoms with E-state index >= 15 is 0 Å². The zero-order valence-corrected chi connectivity index (χ0v) is 19.7. The molecule has 0 saturated heterocycles. The third-order valence-electron chi connectivity index (χ3n) is 1.33. The molecule has 0 saturated carbocycles. The molecule has 0 spiro atoms. The van der Waals surface area contributed by atoms with Crippen molar-refractivity contribution in [2.24, 2.45) is 0 Å². The predicted molar refractivity (Wildman–Crippen MR) is 99.2 cm³/mol. The Morgan fingerprint density at radius 2 is 0.833 bits per heavy atom. The van der Waals surface area contributed by atoms with E-state index in [4.69, 9.17) is 48.4 Å².